The van der Waals surface area contributed by atoms with E-state index >= 15 is 0 Å². The first-order valence-electron chi connectivity index (χ1n) is 13.7. The number of carbonyl (C=O) groups is 2. The van der Waals surface area contributed by atoms with Crippen molar-refractivity contribution in [3.05, 3.63) is 78.8 Å². The summed E-state index contributed by atoms with van der Waals surface area (Å²) >= 11 is 0. The van der Waals surface area contributed by atoms with Crippen LogP contribution in [0.15, 0.2) is 73.2 Å². The number of imidazole rings is 1. The molecule has 2 aromatic carbocycles. The largest absolute Gasteiger partial charge is 0.445 e. The quantitative estimate of drug-likeness (QED) is 0.357. The average molecular weight is 558 g/mol. The molecule has 11 nitrogen and oxygen atoms in total. The zero-order chi connectivity index (χ0) is 29.0. The van der Waals surface area contributed by atoms with Crippen LogP contribution in [0.5, 0.6) is 0 Å². The van der Waals surface area contributed by atoms with Crippen LogP contribution in [0.2, 0.25) is 0 Å². The third-order valence-electron chi connectivity index (χ3n) is 6.79. The zero-order valence-corrected chi connectivity index (χ0v) is 23.7. The number of para-hydroxylation sites is 2. The van der Waals surface area contributed by atoms with Crippen LogP contribution in [0.4, 0.5) is 15.5 Å². The molecule has 3 heterocycles. The molecule has 2 atom stereocenters. The first kappa shape index (κ1) is 27.9. The number of amides is 2. The van der Waals surface area contributed by atoms with Crippen LogP contribution in [0.3, 0.4) is 0 Å². The first-order chi connectivity index (χ1) is 19.7. The van der Waals surface area contributed by atoms with E-state index in [9.17, 15) is 9.59 Å². The molecule has 0 aliphatic carbocycles. The number of benzene rings is 2. The van der Waals surface area contributed by atoms with E-state index in [4.69, 9.17) is 14.5 Å². The zero-order valence-electron chi connectivity index (χ0n) is 23.7. The van der Waals surface area contributed by atoms with Crippen LogP contribution >= 0.6 is 0 Å². The van der Waals surface area contributed by atoms with Crippen molar-refractivity contribution in [2.45, 2.75) is 52.0 Å². The number of aromatic nitrogens is 4. The minimum atomic E-state index is -0.631. The molecule has 1 fully saturated rings. The fourth-order valence-electron chi connectivity index (χ4n) is 4.75. The summed E-state index contributed by atoms with van der Waals surface area (Å²) in [4.78, 5) is 43.1. The number of nitrogens with zero attached hydrogens (tertiary/aromatic N) is 6. The third-order valence-corrected chi connectivity index (χ3v) is 6.79. The number of anilines is 1. The molecule has 0 spiro atoms. The highest BCUT2D eigenvalue weighted by Crippen LogP contribution is 2.21. The lowest BCUT2D eigenvalue weighted by Gasteiger charge is -2.43. The Labute approximate surface area is 239 Å². The Hall–Kier alpha value is -4.67. The van der Waals surface area contributed by atoms with E-state index in [1.54, 1.807) is 22.3 Å². The molecule has 41 heavy (non-hydrogen) atoms. The van der Waals surface area contributed by atoms with Crippen LogP contribution in [0, 0.1) is 0 Å². The van der Waals surface area contributed by atoms with Crippen LogP contribution < -0.4 is 5.32 Å². The Bertz CT molecular complexity index is 1500. The van der Waals surface area contributed by atoms with Gasteiger partial charge in [-0.15, -0.1) is 0 Å². The molecule has 11 heteroatoms. The van der Waals surface area contributed by atoms with Crippen molar-refractivity contribution in [1.29, 1.82) is 0 Å². The molecule has 5 rings (SSSR count). The SMILES string of the molecule is CC(Nc1nccc(-n2cnc3ccccc32)n1)C1CN(C(=O)OC(C)(C)C)CCN1C(=O)OCc1ccccc1. The minimum absolute atomic E-state index is 0.157. The predicted octanol–water partition coefficient (Wildman–Crippen LogP) is 4.87. The second kappa shape index (κ2) is 11.8. The van der Waals surface area contributed by atoms with Crippen molar-refractivity contribution < 1.29 is 19.1 Å². The van der Waals surface area contributed by atoms with E-state index in [2.05, 4.69) is 15.3 Å². The Kier molecular flexibility index (Phi) is 8.04. The van der Waals surface area contributed by atoms with Crippen molar-refractivity contribution in [2.75, 3.05) is 25.0 Å². The molecule has 0 bridgehead atoms. The molecule has 0 radical (unpaired) electrons. The molecular formula is C30H35N7O4. The molecule has 1 N–H and O–H groups in total. The van der Waals surface area contributed by atoms with Gasteiger partial charge in [0.15, 0.2) is 0 Å². The van der Waals surface area contributed by atoms with E-state index in [1.807, 2.05) is 92.9 Å². The number of ether oxygens (including phenoxy) is 2. The van der Waals surface area contributed by atoms with Gasteiger partial charge in [0.05, 0.1) is 17.1 Å². The number of piperazine rings is 1. The van der Waals surface area contributed by atoms with E-state index in [0.717, 1.165) is 16.6 Å². The summed E-state index contributed by atoms with van der Waals surface area (Å²) < 4.78 is 13.2. The third kappa shape index (κ3) is 6.74. The molecule has 2 unspecified atom stereocenters. The van der Waals surface area contributed by atoms with Gasteiger partial charge in [-0.3, -0.25) is 9.47 Å². The molecule has 1 saturated heterocycles. The van der Waals surface area contributed by atoms with Crippen molar-refractivity contribution in [3.8, 4) is 5.82 Å². The van der Waals surface area contributed by atoms with Gasteiger partial charge in [-0.05, 0) is 51.5 Å². The summed E-state index contributed by atoms with van der Waals surface area (Å²) in [5.41, 5.74) is 2.06. The van der Waals surface area contributed by atoms with Gasteiger partial charge in [-0.25, -0.2) is 19.6 Å². The van der Waals surface area contributed by atoms with Gasteiger partial charge in [0, 0.05) is 31.9 Å². The normalized spacial score (nSPS) is 16.3. The molecule has 214 valence electrons. The first-order valence-corrected chi connectivity index (χ1v) is 13.7. The standard InChI is InChI=1S/C30H35N7O4/c1-21(33-27-31-15-14-26(34-27)37-20-32-23-12-8-9-13-24(23)37)25-18-35(28(38)41-30(2,3)4)16-17-36(25)29(39)40-19-22-10-6-5-7-11-22/h5-15,20-21,25H,16-19H2,1-4H3,(H,31,33,34). The monoisotopic (exact) mass is 557 g/mol. The number of hydrogen-bond donors (Lipinski definition) is 1. The van der Waals surface area contributed by atoms with Gasteiger partial charge >= 0.3 is 12.2 Å². The summed E-state index contributed by atoms with van der Waals surface area (Å²) in [7, 11) is 0. The van der Waals surface area contributed by atoms with Gasteiger partial charge in [0.1, 0.15) is 24.4 Å². The van der Waals surface area contributed by atoms with Crippen LogP contribution in [0.25, 0.3) is 16.9 Å². The molecule has 2 aromatic heterocycles. The van der Waals surface area contributed by atoms with Crippen LogP contribution in [-0.4, -0.2) is 78.8 Å². The minimum Gasteiger partial charge on any atom is -0.445 e. The number of rotatable bonds is 6. The fourth-order valence-corrected chi connectivity index (χ4v) is 4.75. The van der Waals surface area contributed by atoms with Crippen LogP contribution in [-0.2, 0) is 16.1 Å². The Morgan fingerprint density at radius 2 is 1.76 bits per heavy atom. The lowest BCUT2D eigenvalue weighted by Crippen LogP contribution is -2.61. The Morgan fingerprint density at radius 1 is 1.00 bits per heavy atom. The lowest BCUT2D eigenvalue weighted by molar-refractivity contribution is -0.000536. The predicted molar refractivity (Wildman–Crippen MR) is 155 cm³/mol. The highest BCUT2D eigenvalue weighted by atomic mass is 16.6. The maximum atomic E-state index is 13.3. The van der Waals surface area contributed by atoms with Gasteiger partial charge in [0.25, 0.3) is 0 Å². The number of carbonyl (C=O) groups excluding carboxylic acids is 2. The maximum absolute atomic E-state index is 13.3. The smallest absolute Gasteiger partial charge is 0.410 e. The van der Waals surface area contributed by atoms with Crippen molar-refractivity contribution >= 4 is 29.2 Å². The van der Waals surface area contributed by atoms with Gasteiger partial charge in [-0.1, -0.05) is 42.5 Å². The topological polar surface area (TPSA) is 115 Å². The van der Waals surface area contributed by atoms with Crippen molar-refractivity contribution in [1.82, 2.24) is 29.3 Å². The molecular weight excluding hydrogens is 522 g/mol. The molecule has 1 aliphatic rings. The Balaban J connectivity index is 1.34. The lowest BCUT2D eigenvalue weighted by atomic mass is 10.1. The van der Waals surface area contributed by atoms with E-state index in [1.165, 1.54) is 0 Å². The number of nitrogens with one attached hydrogen (secondary N) is 1. The Morgan fingerprint density at radius 3 is 2.54 bits per heavy atom. The average Bonchev–Trinajstić information content (AvgIpc) is 3.40. The van der Waals surface area contributed by atoms with Crippen LogP contribution in [0.1, 0.15) is 33.3 Å². The number of fused-ring (bicyclic) bond motifs is 1. The summed E-state index contributed by atoms with van der Waals surface area (Å²) in [6, 6.07) is 18.4. The number of hydrogen-bond acceptors (Lipinski definition) is 8. The summed E-state index contributed by atoms with van der Waals surface area (Å²) in [6.45, 7) is 8.47. The molecule has 4 aromatic rings. The second-order valence-electron chi connectivity index (χ2n) is 11.0. The van der Waals surface area contributed by atoms with Gasteiger partial charge < -0.3 is 19.7 Å². The fraction of sp³-hybridized carbons (Fsp3) is 0.367. The van der Waals surface area contributed by atoms with Crippen molar-refractivity contribution in [2.24, 2.45) is 0 Å². The second-order valence-corrected chi connectivity index (χ2v) is 11.0. The van der Waals surface area contributed by atoms with E-state index < -0.39 is 23.8 Å². The molecule has 0 saturated carbocycles. The van der Waals surface area contributed by atoms with Gasteiger partial charge in [-0.2, -0.15) is 4.98 Å². The molecule has 1 aliphatic heterocycles. The van der Waals surface area contributed by atoms with Gasteiger partial charge in [0.2, 0.25) is 5.95 Å². The highest BCUT2D eigenvalue weighted by Gasteiger charge is 2.38. The van der Waals surface area contributed by atoms with Crippen molar-refractivity contribution in [3.63, 3.8) is 0 Å². The summed E-state index contributed by atoms with van der Waals surface area (Å²) in [6.07, 6.45) is 2.53. The summed E-state index contributed by atoms with van der Waals surface area (Å²) in [5, 5.41) is 3.34. The maximum Gasteiger partial charge on any atom is 0.410 e. The molecule has 2 amide bonds. The van der Waals surface area contributed by atoms with E-state index in [0.29, 0.717) is 24.9 Å². The highest BCUT2D eigenvalue weighted by molar-refractivity contribution is 5.76. The summed E-state index contributed by atoms with van der Waals surface area (Å²) in [5.74, 6) is 1.04. The van der Waals surface area contributed by atoms with E-state index in [-0.39, 0.29) is 19.2 Å².